The Morgan fingerprint density at radius 3 is 1.18 bits per heavy atom. The quantitative estimate of drug-likeness (QED) is 0.0359. The lowest BCUT2D eigenvalue weighted by atomic mass is 10.1. The zero-order chi connectivity index (χ0) is 36.4. The van der Waals surface area contributed by atoms with Gasteiger partial charge in [0.25, 0.3) is 0 Å². The highest BCUT2D eigenvalue weighted by molar-refractivity contribution is 5.92. The van der Waals surface area contributed by atoms with Gasteiger partial charge in [-0.1, -0.05) is 77.2 Å². The van der Waals surface area contributed by atoms with Gasteiger partial charge in [0.1, 0.15) is 23.0 Å². The summed E-state index contributed by atoms with van der Waals surface area (Å²) >= 11 is 0. The maximum Gasteiger partial charge on any atom is 0.343 e. The average molecular weight is 703 g/mol. The van der Waals surface area contributed by atoms with E-state index >= 15 is 0 Å². The summed E-state index contributed by atoms with van der Waals surface area (Å²) in [6.07, 6.45) is 17.4. The van der Waals surface area contributed by atoms with Gasteiger partial charge in [-0.2, -0.15) is 0 Å². The van der Waals surface area contributed by atoms with Gasteiger partial charge in [-0.3, -0.25) is 0 Å². The van der Waals surface area contributed by atoms with Crippen molar-refractivity contribution in [3.63, 3.8) is 0 Å². The summed E-state index contributed by atoms with van der Waals surface area (Å²) < 4.78 is 27.6. The van der Waals surface area contributed by atoms with Gasteiger partial charge in [0.2, 0.25) is 0 Å². The molecule has 51 heavy (non-hydrogen) atoms. The molecule has 0 aliphatic heterocycles. The molecule has 0 saturated heterocycles. The molecular formula is C42H54O9. The number of benzene rings is 3. The number of esters is 3. The third-order valence-electron chi connectivity index (χ3n) is 8.21. The fourth-order valence-corrected chi connectivity index (χ4v) is 5.26. The van der Waals surface area contributed by atoms with Crippen molar-refractivity contribution in [2.24, 2.45) is 0 Å². The van der Waals surface area contributed by atoms with Crippen LogP contribution in [-0.4, -0.2) is 49.4 Å². The minimum atomic E-state index is -0.498. The molecule has 9 nitrogen and oxygen atoms in total. The van der Waals surface area contributed by atoms with E-state index in [1.807, 2.05) is 0 Å². The Morgan fingerprint density at radius 1 is 0.471 bits per heavy atom. The Balaban J connectivity index is 1.25. The van der Waals surface area contributed by atoms with Crippen LogP contribution in [0.4, 0.5) is 0 Å². The van der Waals surface area contributed by atoms with Crippen molar-refractivity contribution in [3.05, 3.63) is 96.6 Å². The van der Waals surface area contributed by atoms with Crippen LogP contribution in [0, 0.1) is 0 Å². The van der Waals surface area contributed by atoms with Gasteiger partial charge in [-0.15, -0.1) is 0 Å². The van der Waals surface area contributed by atoms with Crippen LogP contribution in [0.2, 0.25) is 0 Å². The first-order valence-electron chi connectivity index (χ1n) is 18.4. The molecule has 0 fully saturated rings. The van der Waals surface area contributed by atoms with E-state index in [4.69, 9.17) is 28.8 Å². The molecule has 0 heterocycles. The highest BCUT2D eigenvalue weighted by Gasteiger charge is 2.12. The van der Waals surface area contributed by atoms with Crippen LogP contribution in [-0.2, 0) is 9.53 Å². The van der Waals surface area contributed by atoms with Crippen molar-refractivity contribution >= 4 is 17.9 Å². The zero-order valence-corrected chi connectivity index (χ0v) is 29.9. The summed E-state index contributed by atoms with van der Waals surface area (Å²) in [6.45, 7) is 5.36. The third-order valence-corrected chi connectivity index (χ3v) is 8.21. The molecule has 3 aromatic carbocycles. The topological polar surface area (TPSA) is 118 Å². The van der Waals surface area contributed by atoms with E-state index in [0.29, 0.717) is 53.9 Å². The van der Waals surface area contributed by atoms with Gasteiger partial charge in [0.05, 0.1) is 30.9 Å². The highest BCUT2D eigenvalue weighted by Crippen LogP contribution is 2.22. The lowest BCUT2D eigenvalue weighted by molar-refractivity contribution is -0.137. The first kappa shape index (κ1) is 40.8. The molecule has 0 unspecified atom stereocenters. The predicted molar refractivity (Wildman–Crippen MR) is 198 cm³/mol. The second-order valence-corrected chi connectivity index (χ2v) is 12.4. The number of hydrogen-bond donors (Lipinski definition) is 1. The van der Waals surface area contributed by atoms with Crippen molar-refractivity contribution in [3.8, 4) is 23.0 Å². The van der Waals surface area contributed by atoms with Crippen LogP contribution in [0.3, 0.4) is 0 Å². The van der Waals surface area contributed by atoms with Gasteiger partial charge >= 0.3 is 17.9 Å². The van der Waals surface area contributed by atoms with Crippen LogP contribution in [0.1, 0.15) is 117 Å². The second-order valence-electron chi connectivity index (χ2n) is 12.4. The first-order valence-corrected chi connectivity index (χ1v) is 18.4. The van der Waals surface area contributed by atoms with E-state index in [2.05, 4.69) is 6.58 Å². The SMILES string of the molecule is C=CC(=O)OCCCCCCCCCCCOc1ccc(C(=O)Oc2ccc(OC(=O)c3ccc(OCCCCCCCCO)cc3)cc2)cc1. The van der Waals surface area contributed by atoms with E-state index in [1.54, 1.807) is 72.8 Å². The molecule has 0 amide bonds. The van der Waals surface area contributed by atoms with Crippen LogP contribution in [0.25, 0.3) is 0 Å². The predicted octanol–water partition coefficient (Wildman–Crippen LogP) is 9.46. The Hall–Kier alpha value is -4.63. The monoisotopic (exact) mass is 702 g/mol. The van der Waals surface area contributed by atoms with Gasteiger partial charge < -0.3 is 28.8 Å². The fraction of sp³-hybridized carbons (Fsp3) is 0.452. The molecule has 3 rings (SSSR count). The van der Waals surface area contributed by atoms with Crippen molar-refractivity contribution in [2.75, 3.05) is 26.4 Å². The van der Waals surface area contributed by atoms with Crippen LogP contribution >= 0.6 is 0 Å². The molecule has 0 radical (unpaired) electrons. The summed E-state index contributed by atoms with van der Waals surface area (Å²) in [5.41, 5.74) is 0.799. The van der Waals surface area contributed by atoms with Crippen LogP contribution < -0.4 is 18.9 Å². The fourth-order valence-electron chi connectivity index (χ4n) is 5.26. The molecule has 0 aromatic heterocycles. The maximum absolute atomic E-state index is 12.7. The van der Waals surface area contributed by atoms with Gasteiger partial charge in [-0.25, -0.2) is 14.4 Å². The largest absolute Gasteiger partial charge is 0.494 e. The standard InChI is InChI=1S/C42H54O9/c1-2-40(44)49-33-17-13-8-5-3-4-7-11-15-31-47-36-22-18-34(19-23-36)41(45)50-38-26-28-39(29-27-38)51-42(46)35-20-24-37(25-21-35)48-32-16-12-9-6-10-14-30-43/h2,18-29,43H,1,3-17,30-33H2. The lowest BCUT2D eigenvalue weighted by Crippen LogP contribution is -2.09. The Bertz CT molecular complexity index is 1420. The minimum absolute atomic E-state index is 0.261. The second kappa shape index (κ2) is 25.3. The molecule has 276 valence electrons. The van der Waals surface area contributed by atoms with Crippen molar-refractivity contribution < 1.29 is 43.2 Å². The molecule has 0 saturated carbocycles. The van der Waals surface area contributed by atoms with Crippen LogP contribution in [0.15, 0.2) is 85.5 Å². The smallest absolute Gasteiger partial charge is 0.343 e. The number of aliphatic hydroxyl groups excluding tert-OH is 1. The number of hydrogen-bond acceptors (Lipinski definition) is 9. The minimum Gasteiger partial charge on any atom is -0.494 e. The maximum atomic E-state index is 12.7. The molecule has 9 heteroatoms. The van der Waals surface area contributed by atoms with E-state index in [1.165, 1.54) is 31.8 Å². The molecule has 0 spiro atoms. The lowest BCUT2D eigenvalue weighted by Gasteiger charge is -2.09. The Labute approximate surface area is 302 Å². The summed E-state index contributed by atoms with van der Waals surface area (Å²) in [4.78, 5) is 36.3. The molecule has 0 atom stereocenters. The third kappa shape index (κ3) is 17.7. The Kier molecular flexibility index (Phi) is 20.3. The number of unbranched alkanes of at least 4 members (excludes halogenated alkanes) is 13. The summed E-state index contributed by atoms with van der Waals surface area (Å²) in [5, 5.41) is 8.82. The van der Waals surface area contributed by atoms with Crippen LogP contribution in [0.5, 0.6) is 23.0 Å². The molecule has 1 N–H and O–H groups in total. The van der Waals surface area contributed by atoms with Gasteiger partial charge in [-0.05, 0) is 98.5 Å². The number of aliphatic hydroxyl groups is 1. The average Bonchev–Trinajstić information content (AvgIpc) is 3.15. The number of carbonyl (C=O) groups is 3. The summed E-state index contributed by atoms with van der Waals surface area (Å²) in [6, 6.07) is 20.0. The summed E-state index contributed by atoms with van der Waals surface area (Å²) in [5.74, 6) is 0.718. The van der Waals surface area contributed by atoms with E-state index in [0.717, 1.165) is 70.6 Å². The highest BCUT2D eigenvalue weighted by atomic mass is 16.5. The van der Waals surface area contributed by atoms with E-state index in [-0.39, 0.29) is 12.6 Å². The van der Waals surface area contributed by atoms with Gasteiger partial charge in [0, 0.05) is 12.7 Å². The van der Waals surface area contributed by atoms with Crippen molar-refractivity contribution in [1.29, 1.82) is 0 Å². The summed E-state index contributed by atoms with van der Waals surface area (Å²) in [7, 11) is 0. The zero-order valence-electron chi connectivity index (χ0n) is 29.9. The number of ether oxygens (including phenoxy) is 5. The first-order chi connectivity index (χ1) is 25.0. The molecule has 0 bridgehead atoms. The molecule has 3 aromatic rings. The van der Waals surface area contributed by atoms with Crippen molar-refractivity contribution in [2.45, 2.75) is 96.3 Å². The van der Waals surface area contributed by atoms with Crippen molar-refractivity contribution in [1.82, 2.24) is 0 Å². The Morgan fingerprint density at radius 2 is 0.804 bits per heavy atom. The number of rotatable bonds is 27. The number of carbonyl (C=O) groups excluding carboxylic acids is 3. The van der Waals surface area contributed by atoms with E-state index in [9.17, 15) is 14.4 Å². The molecule has 0 aliphatic carbocycles. The van der Waals surface area contributed by atoms with Gasteiger partial charge in [0.15, 0.2) is 0 Å². The van der Waals surface area contributed by atoms with E-state index < -0.39 is 11.9 Å². The normalized spacial score (nSPS) is 10.7. The molecule has 0 aliphatic rings. The molecular weight excluding hydrogens is 648 g/mol.